The third-order valence-electron chi connectivity index (χ3n) is 5.63. The Morgan fingerprint density at radius 1 is 1.14 bits per heavy atom. The Kier molecular flexibility index (Phi) is 3.92. The molecular weight excluding hydrogens is 264 g/mol. The molecule has 0 aliphatic carbocycles. The maximum absolute atomic E-state index is 12.6. The van der Waals surface area contributed by atoms with Crippen LogP contribution in [0.4, 0.5) is 0 Å². The number of Topliss-reactive ketones (excluding diaryl/α,β-unsaturated/α-hetero) is 1. The molecule has 2 atom stereocenters. The molecule has 0 amide bonds. The second-order valence-corrected chi connectivity index (χ2v) is 8.08. The van der Waals surface area contributed by atoms with Crippen LogP contribution in [0.3, 0.4) is 0 Å². The van der Waals surface area contributed by atoms with E-state index in [4.69, 9.17) is 4.74 Å². The van der Waals surface area contributed by atoms with E-state index in [-0.39, 0.29) is 17.3 Å². The minimum absolute atomic E-state index is 0.00244. The molecule has 3 fully saturated rings. The lowest BCUT2D eigenvalue weighted by atomic mass is 9.85. The first-order valence-electron chi connectivity index (χ1n) is 8.50. The number of fused-ring (bicyclic) bond motifs is 1. The van der Waals surface area contributed by atoms with E-state index in [1.165, 1.54) is 25.8 Å². The van der Waals surface area contributed by atoms with Crippen LogP contribution in [0.25, 0.3) is 0 Å². The van der Waals surface area contributed by atoms with Crippen LogP contribution < -0.4 is 0 Å². The van der Waals surface area contributed by atoms with E-state index < -0.39 is 5.60 Å². The summed E-state index contributed by atoms with van der Waals surface area (Å²) in [6.45, 7) is 13.5. The van der Waals surface area contributed by atoms with Crippen molar-refractivity contribution in [3.8, 4) is 0 Å². The number of piperidine rings is 1. The molecule has 3 rings (SSSR count). The molecule has 0 radical (unpaired) electrons. The lowest BCUT2D eigenvalue weighted by molar-refractivity contribution is -0.132. The Morgan fingerprint density at radius 3 is 2.57 bits per heavy atom. The molecule has 120 valence electrons. The number of piperazine rings is 1. The van der Waals surface area contributed by atoms with Gasteiger partial charge in [-0.3, -0.25) is 14.6 Å². The van der Waals surface area contributed by atoms with Crippen LogP contribution in [-0.4, -0.2) is 65.6 Å². The zero-order valence-corrected chi connectivity index (χ0v) is 14.0. The molecule has 3 aliphatic rings. The summed E-state index contributed by atoms with van der Waals surface area (Å²) in [5, 5.41) is 0. The molecule has 0 aromatic rings. The van der Waals surface area contributed by atoms with Gasteiger partial charge in [-0.15, -0.1) is 0 Å². The Bertz CT molecular complexity index is 419. The van der Waals surface area contributed by atoms with Crippen LogP contribution in [0.5, 0.6) is 0 Å². The Morgan fingerprint density at radius 2 is 1.90 bits per heavy atom. The first kappa shape index (κ1) is 15.4. The van der Waals surface area contributed by atoms with Crippen LogP contribution in [0.1, 0.15) is 47.0 Å². The van der Waals surface area contributed by atoms with E-state index in [1.54, 1.807) is 0 Å². The number of hydrogen-bond donors (Lipinski definition) is 0. The van der Waals surface area contributed by atoms with Crippen molar-refractivity contribution in [2.45, 2.75) is 64.2 Å². The highest BCUT2D eigenvalue weighted by Gasteiger charge is 2.53. The first-order chi connectivity index (χ1) is 9.79. The van der Waals surface area contributed by atoms with Gasteiger partial charge in [0.25, 0.3) is 0 Å². The van der Waals surface area contributed by atoms with Gasteiger partial charge in [-0.2, -0.15) is 0 Å². The van der Waals surface area contributed by atoms with Gasteiger partial charge in [0, 0.05) is 32.2 Å². The maximum Gasteiger partial charge on any atom is 0.171 e. The monoisotopic (exact) mass is 294 g/mol. The quantitative estimate of drug-likeness (QED) is 0.779. The average molecular weight is 294 g/mol. The molecular formula is C17H30N2O2. The van der Waals surface area contributed by atoms with Crippen molar-refractivity contribution in [3.05, 3.63) is 0 Å². The minimum Gasteiger partial charge on any atom is -0.361 e. The van der Waals surface area contributed by atoms with Gasteiger partial charge in [0.1, 0.15) is 5.60 Å². The summed E-state index contributed by atoms with van der Waals surface area (Å²) in [5.41, 5.74) is -0.967. The fourth-order valence-corrected chi connectivity index (χ4v) is 4.46. The second kappa shape index (κ2) is 5.32. The van der Waals surface area contributed by atoms with Crippen molar-refractivity contribution in [3.63, 3.8) is 0 Å². The van der Waals surface area contributed by atoms with Gasteiger partial charge in [0.05, 0.1) is 11.5 Å². The van der Waals surface area contributed by atoms with Crippen molar-refractivity contribution < 1.29 is 9.53 Å². The summed E-state index contributed by atoms with van der Waals surface area (Å²) in [6.07, 6.45) is 4.03. The van der Waals surface area contributed by atoms with E-state index in [9.17, 15) is 4.79 Å². The van der Waals surface area contributed by atoms with Gasteiger partial charge in [0.15, 0.2) is 5.78 Å². The smallest absolute Gasteiger partial charge is 0.171 e. The molecule has 0 aromatic carbocycles. The number of carbonyl (C=O) groups excluding carboxylic acids is 1. The highest BCUT2D eigenvalue weighted by Crippen LogP contribution is 2.39. The number of ether oxygens (including phenoxy) is 1. The second-order valence-electron chi connectivity index (χ2n) is 8.08. The number of nitrogens with zero attached hydrogens (tertiary/aromatic N) is 2. The molecule has 0 bridgehead atoms. The molecule has 0 spiro atoms. The Labute approximate surface area is 128 Å². The van der Waals surface area contributed by atoms with E-state index >= 15 is 0 Å². The van der Waals surface area contributed by atoms with Gasteiger partial charge in [-0.25, -0.2) is 0 Å². The Hall–Kier alpha value is -0.450. The van der Waals surface area contributed by atoms with Crippen molar-refractivity contribution in [2.24, 2.45) is 5.92 Å². The molecule has 2 unspecified atom stereocenters. The zero-order valence-electron chi connectivity index (χ0n) is 14.0. The third kappa shape index (κ3) is 2.90. The normalized spacial score (nSPS) is 36.7. The first-order valence-corrected chi connectivity index (χ1v) is 8.50. The maximum atomic E-state index is 12.6. The predicted molar refractivity (Wildman–Crippen MR) is 83.4 cm³/mol. The van der Waals surface area contributed by atoms with Gasteiger partial charge < -0.3 is 4.74 Å². The van der Waals surface area contributed by atoms with Crippen molar-refractivity contribution in [1.82, 2.24) is 9.80 Å². The van der Waals surface area contributed by atoms with E-state index in [1.807, 2.05) is 13.8 Å². The highest BCUT2D eigenvalue weighted by molar-refractivity contribution is 5.91. The van der Waals surface area contributed by atoms with Gasteiger partial charge >= 0.3 is 0 Å². The molecule has 4 nitrogen and oxygen atoms in total. The van der Waals surface area contributed by atoms with Crippen LogP contribution in [0, 0.1) is 5.92 Å². The third-order valence-corrected chi connectivity index (χ3v) is 5.63. The number of rotatable bonds is 2. The lowest BCUT2D eigenvalue weighted by Crippen LogP contribution is -2.56. The summed E-state index contributed by atoms with van der Waals surface area (Å²) >= 11 is 0. The molecule has 0 aromatic heterocycles. The number of hydrogen-bond acceptors (Lipinski definition) is 4. The Balaban J connectivity index is 1.65. The molecule has 3 saturated heterocycles. The zero-order chi connectivity index (χ0) is 15.3. The minimum atomic E-state index is -0.624. The van der Waals surface area contributed by atoms with Crippen LogP contribution in [-0.2, 0) is 9.53 Å². The van der Waals surface area contributed by atoms with Crippen molar-refractivity contribution >= 4 is 5.78 Å². The average Bonchev–Trinajstić information content (AvgIpc) is 2.57. The van der Waals surface area contributed by atoms with E-state index in [2.05, 4.69) is 23.6 Å². The molecule has 3 heterocycles. The lowest BCUT2D eigenvalue weighted by Gasteiger charge is -2.45. The fourth-order valence-electron chi connectivity index (χ4n) is 4.46. The summed E-state index contributed by atoms with van der Waals surface area (Å²) in [4.78, 5) is 17.8. The largest absolute Gasteiger partial charge is 0.361 e. The summed E-state index contributed by atoms with van der Waals surface area (Å²) in [5.74, 6) is 0.279. The molecule has 21 heavy (non-hydrogen) atoms. The van der Waals surface area contributed by atoms with Crippen LogP contribution in [0.2, 0.25) is 0 Å². The molecule has 0 saturated carbocycles. The number of carbonyl (C=O) groups is 1. The van der Waals surface area contributed by atoms with E-state index in [0.29, 0.717) is 6.04 Å². The topological polar surface area (TPSA) is 32.8 Å². The predicted octanol–water partition coefficient (Wildman–Crippen LogP) is 1.93. The summed E-state index contributed by atoms with van der Waals surface area (Å²) in [6, 6.07) is 0.709. The van der Waals surface area contributed by atoms with Gasteiger partial charge in [-0.1, -0.05) is 6.42 Å². The van der Waals surface area contributed by atoms with Crippen LogP contribution >= 0.6 is 0 Å². The SMILES string of the molecule is CC1(C)OC(C)(C)C(CN2CCN3CCCCC3C2)C1=O. The fraction of sp³-hybridized carbons (Fsp3) is 0.941. The van der Waals surface area contributed by atoms with Gasteiger partial charge in [0.2, 0.25) is 0 Å². The van der Waals surface area contributed by atoms with Crippen molar-refractivity contribution in [1.29, 1.82) is 0 Å². The highest BCUT2D eigenvalue weighted by atomic mass is 16.5. The number of ketones is 1. The standard InChI is InChI=1S/C17H30N2O2/c1-16(2)14(15(20)17(3,4)21-16)12-18-9-10-19-8-6-5-7-13(19)11-18/h13-14H,5-12H2,1-4H3. The molecule has 4 heteroatoms. The van der Waals surface area contributed by atoms with Crippen molar-refractivity contribution in [2.75, 3.05) is 32.7 Å². The van der Waals surface area contributed by atoms with Gasteiger partial charge in [-0.05, 0) is 47.1 Å². The van der Waals surface area contributed by atoms with E-state index in [0.717, 1.165) is 26.2 Å². The summed E-state index contributed by atoms with van der Waals surface area (Å²) in [7, 11) is 0. The van der Waals surface area contributed by atoms with Crippen LogP contribution in [0.15, 0.2) is 0 Å². The molecule has 0 N–H and O–H groups in total. The summed E-state index contributed by atoms with van der Waals surface area (Å²) < 4.78 is 6.02. The molecule has 3 aliphatic heterocycles.